The predicted molar refractivity (Wildman–Crippen MR) is 62.3 cm³/mol. The number of hydrogen-bond acceptors (Lipinski definition) is 3. The summed E-state index contributed by atoms with van der Waals surface area (Å²) in [6, 6.07) is 7.21. The van der Waals surface area contributed by atoms with Crippen molar-refractivity contribution in [3.63, 3.8) is 0 Å². The van der Waals surface area contributed by atoms with E-state index in [0.29, 0.717) is 23.9 Å². The van der Waals surface area contributed by atoms with Gasteiger partial charge >= 0.3 is 0 Å². The van der Waals surface area contributed by atoms with Gasteiger partial charge in [0.2, 0.25) is 0 Å². The van der Waals surface area contributed by atoms with Gasteiger partial charge in [-0.05, 0) is 18.6 Å². The van der Waals surface area contributed by atoms with Crippen molar-refractivity contribution in [2.75, 3.05) is 0 Å². The van der Waals surface area contributed by atoms with Crippen molar-refractivity contribution in [3.05, 3.63) is 40.9 Å². The van der Waals surface area contributed by atoms with Crippen LogP contribution in [0.3, 0.4) is 0 Å². The molecule has 0 bridgehead atoms. The summed E-state index contributed by atoms with van der Waals surface area (Å²) < 4.78 is 1.45. The quantitative estimate of drug-likeness (QED) is 0.841. The third kappa shape index (κ3) is 1.97. The molecule has 0 aliphatic carbocycles. The van der Waals surface area contributed by atoms with Crippen molar-refractivity contribution < 1.29 is 5.11 Å². The van der Waals surface area contributed by atoms with E-state index in [1.807, 2.05) is 19.1 Å². The molecule has 1 atom stereocenters. The van der Waals surface area contributed by atoms with Crippen molar-refractivity contribution >= 4 is 10.9 Å². The van der Waals surface area contributed by atoms with E-state index in [2.05, 4.69) is 4.98 Å². The monoisotopic (exact) mass is 218 g/mol. The maximum atomic E-state index is 12.0. The van der Waals surface area contributed by atoms with Crippen LogP contribution in [0.25, 0.3) is 10.9 Å². The Morgan fingerprint density at radius 2 is 2.19 bits per heavy atom. The Morgan fingerprint density at radius 1 is 1.44 bits per heavy atom. The second kappa shape index (κ2) is 4.45. The van der Waals surface area contributed by atoms with Crippen LogP contribution in [0.4, 0.5) is 0 Å². The molecule has 0 saturated carbocycles. The topological polar surface area (TPSA) is 55.1 Å². The van der Waals surface area contributed by atoms with E-state index < -0.39 is 6.10 Å². The van der Waals surface area contributed by atoms with Crippen LogP contribution in [-0.4, -0.2) is 20.8 Å². The number of aromatic nitrogens is 2. The summed E-state index contributed by atoms with van der Waals surface area (Å²) >= 11 is 0. The van der Waals surface area contributed by atoms with Crippen LogP contribution in [0.1, 0.15) is 13.3 Å². The van der Waals surface area contributed by atoms with Gasteiger partial charge in [-0.1, -0.05) is 19.1 Å². The van der Waals surface area contributed by atoms with Gasteiger partial charge in [0.05, 0.1) is 29.9 Å². The third-order valence-corrected chi connectivity index (χ3v) is 2.61. The average Bonchev–Trinajstić information content (AvgIpc) is 2.33. The zero-order valence-corrected chi connectivity index (χ0v) is 9.13. The molecule has 2 rings (SSSR count). The van der Waals surface area contributed by atoms with Gasteiger partial charge < -0.3 is 5.11 Å². The zero-order valence-electron chi connectivity index (χ0n) is 9.13. The van der Waals surface area contributed by atoms with Crippen LogP contribution >= 0.6 is 0 Å². The van der Waals surface area contributed by atoms with Crippen molar-refractivity contribution in [3.8, 4) is 0 Å². The highest BCUT2D eigenvalue weighted by Crippen LogP contribution is 2.05. The molecule has 0 aliphatic heterocycles. The highest BCUT2D eigenvalue weighted by Gasteiger charge is 2.06. The van der Waals surface area contributed by atoms with Crippen LogP contribution in [-0.2, 0) is 6.54 Å². The Kier molecular flexibility index (Phi) is 3.01. The number of aliphatic hydroxyl groups excluding tert-OH is 1. The van der Waals surface area contributed by atoms with Gasteiger partial charge in [-0.3, -0.25) is 9.36 Å². The van der Waals surface area contributed by atoms with Gasteiger partial charge in [0.25, 0.3) is 5.56 Å². The summed E-state index contributed by atoms with van der Waals surface area (Å²) in [6.45, 7) is 2.18. The minimum Gasteiger partial charge on any atom is -0.391 e. The molecule has 2 aromatic rings. The van der Waals surface area contributed by atoms with E-state index in [1.165, 1.54) is 10.9 Å². The molecule has 0 radical (unpaired) electrons. The lowest BCUT2D eigenvalue weighted by atomic mass is 10.2. The van der Waals surface area contributed by atoms with Crippen LogP contribution in [0.15, 0.2) is 35.4 Å². The van der Waals surface area contributed by atoms with E-state index in [9.17, 15) is 9.90 Å². The molecule has 0 saturated heterocycles. The maximum Gasteiger partial charge on any atom is 0.261 e. The summed E-state index contributed by atoms with van der Waals surface area (Å²) in [4.78, 5) is 16.2. The van der Waals surface area contributed by atoms with Gasteiger partial charge in [0.1, 0.15) is 0 Å². The Morgan fingerprint density at radius 3 is 2.94 bits per heavy atom. The lowest BCUT2D eigenvalue weighted by Gasteiger charge is -2.10. The first-order valence-corrected chi connectivity index (χ1v) is 5.34. The summed E-state index contributed by atoms with van der Waals surface area (Å²) in [5, 5.41) is 10.1. The molecule has 1 heterocycles. The van der Waals surface area contributed by atoms with Crippen LogP contribution in [0.2, 0.25) is 0 Å². The molecule has 0 fully saturated rings. The van der Waals surface area contributed by atoms with Gasteiger partial charge in [-0.2, -0.15) is 0 Å². The number of para-hydroxylation sites is 1. The Bertz CT molecular complexity index is 548. The van der Waals surface area contributed by atoms with Crippen LogP contribution < -0.4 is 5.56 Å². The molecule has 0 aliphatic rings. The van der Waals surface area contributed by atoms with E-state index in [4.69, 9.17) is 0 Å². The zero-order chi connectivity index (χ0) is 11.5. The van der Waals surface area contributed by atoms with Crippen molar-refractivity contribution in [2.24, 2.45) is 0 Å². The van der Waals surface area contributed by atoms with Gasteiger partial charge in [-0.15, -0.1) is 0 Å². The number of rotatable bonds is 3. The molecular weight excluding hydrogens is 204 g/mol. The molecule has 1 N–H and O–H groups in total. The first-order chi connectivity index (χ1) is 7.72. The summed E-state index contributed by atoms with van der Waals surface area (Å²) in [7, 11) is 0. The molecule has 1 aromatic heterocycles. The lowest BCUT2D eigenvalue weighted by Crippen LogP contribution is -2.26. The minimum absolute atomic E-state index is 0.0990. The molecule has 1 aromatic carbocycles. The molecule has 0 amide bonds. The largest absolute Gasteiger partial charge is 0.391 e. The number of benzene rings is 1. The number of aliphatic hydroxyl groups is 1. The normalized spacial score (nSPS) is 12.9. The van der Waals surface area contributed by atoms with Crippen molar-refractivity contribution in [1.29, 1.82) is 0 Å². The fourth-order valence-corrected chi connectivity index (χ4v) is 1.59. The maximum absolute atomic E-state index is 12.0. The molecule has 4 nitrogen and oxygen atoms in total. The summed E-state index contributed by atoms with van der Waals surface area (Å²) in [5.74, 6) is 0. The summed E-state index contributed by atoms with van der Waals surface area (Å²) in [6.07, 6.45) is 1.61. The van der Waals surface area contributed by atoms with Gasteiger partial charge in [0, 0.05) is 0 Å². The van der Waals surface area contributed by atoms with E-state index in [0.717, 1.165) is 0 Å². The van der Waals surface area contributed by atoms with Gasteiger partial charge in [-0.25, -0.2) is 4.98 Å². The predicted octanol–water partition coefficient (Wildman–Crippen LogP) is 1.17. The second-order valence-corrected chi connectivity index (χ2v) is 3.78. The highest BCUT2D eigenvalue weighted by molar-refractivity contribution is 5.76. The molecule has 1 unspecified atom stereocenters. The molecule has 0 spiro atoms. The fourth-order valence-electron chi connectivity index (χ4n) is 1.59. The third-order valence-electron chi connectivity index (χ3n) is 2.61. The number of nitrogens with zero attached hydrogens (tertiary/aromatic N) is 2. The Hall–Kier alpha value is -1.68. The first kappa shape index (κ1) is 10.8. The standard InChI is InChI=1S/C12H14N2O2/c1-2-9(15)7-14-8-13-11-6-4-3-5-10(11)12(14)16/h3-6,8-9,15H,2,7H2,1H3. The highest BCUT2D eigenvalue weighted by atomic mass is 16.3. The van der Waals surface area contributed by atoms with Crippen molar-refractivity contribution in [1.82, 2.24) is 9.55 Å². The van der Waals surface area contributed by atoms with Crippen LogP contribution in [0.5, 0.6) is 0 Å². The number of hydrogen-bond donors (Lipinski definition) is 1. The summed E-state index contributed by atoms with van der Waals surface area (Å²) in [5.41, 5.74) is 0.591. The lowest BCUT2D eigenvalue weighted by molar-refractivity contribution is 0.148. The average molecular weight is 218 g/mol. The number of fused-ring (bicyclic) bond motifs is 1. The first-order valence-electron chi connectivity index (χ1n) is 5.34. The molecule has 16 heavy (non-hydrogen) atoms. The fraction of sp³-hybridized carbons (Fsp3) is 0.333. The second-order valence-electron chi connectivity index (χ2n) is 3.78. The van der Waals surface area contributed by atoms with Gasteiger partial charge in [0.15, 0.2) is 0 Å². The van der Waals surface area contributed by atoms with Crippen LogP contribution in [0, 0.1) is 0 Å². The minimum atomic E-state index is -0.499. The molecule has 4 heteroatoms. The molecule has 84 valence electrons. The van der Waals surface area contributed by atoms with Crippen molar-refractivity contribution in [2.45, 2.75) is 26.0 Å². The molecular formula is C12H14N2O2. The Balaban J connectivity index is 2.49. The van der Waals surface area contributed by atoms with E-state index in [-0.39, 0.29) is 5.56 Å². The Labute approximate surface area is 93.2 Å². The van der Waals surface area contributed by atoms with E-state index >= 15 is 0 Å². The smallest absolute Gasteiger partial charge is 0.261 e. The SMILES string of the molecule is CCC(O)Cn1cnc2ccccc2c1=O. The van der Waals surface area contributed by atoms with E-state index in [1.54, 1.807) is 12.1 Å².